The molecule has 3 aliphatic carbocycles. The third-order valence-corrected chi connectivity index (χ3v) is 11.4. The van der Waals surface area contributed by atoms with Crippen LogP contribution in [0.15, 0.2) is 12.1 Å². The number of carbonyl (C=O) groups is 4. The normalized spacial score (nSPS) is 25.6. The number of likely N-dealkylation sites (tertiary alicyclic amines) is 1. The lowest BCUT2D eigenvalue weighted by Crippen LogP contribution is -2.65. The molecule has 3 saturated carbocycles. The largest absolute Gasteiger partial charge is 0.486 e. The van der Waals surface area contributed by atoms with Crippen molar-refractivity contribution >= 4 is 57.9 Å². The average molecular weight is 779 g/mol. The van der Waals surface area contributed by atoms with E-state index >= 15 is 0 Å². The zero-order valence-electron chi connectivity index (χ0n) is 33.8. The van der Waals surface area contributed by atoms with Gasteiger partial charge in [0.2, 0.25) is 5.91 Å². The molecular formula is C39H63BN2O9S2. The molecule has 2 saturated heterocycles. The van der Waals surface area contributed by atoms with Gasteiger partial charge in [0.15, 0.2) is 5.78 Å². The molecule has 298 valence electrons. The first-order valence-corrected chi connectivity index (χ1v) is 18.6. The zero-order chi connectivity index (χ0) is 37.8. The van der Waals surface area contributed by atoms with E-state index in [1.54, 1.807) is 39.5 Å². The number of nitrogens with zero attached hydrogens (tertiary/aromatic N) is 1. The molecule has 2 amide bonds. The highest BCUT2D eigenvalue weighted by atomic mass is 32.1. The topological polar surface area (TPSA) is 130 Å². The van der Waals surface area contributed by atoms with Crippen molar-refractivity contribution in [3.63, 3.8) is 0 Å². The van der Waals surface area contributed by atoms with Crippen LogP contribution in [-0.4, -0.2) is 83.9 Å². The van der Waals surface area contributed by atoms with E-state index in [1.807, 2.05) is 39.8 Å². The Hall–Kier alpha value is -2.42. The first-order valence-electron chi connectivity index (χ1n) is 18.6. The summed E-state index contributed by atoms with van der Waals surface area (Å²) in [6.07, 6.45) is 2.69. The molecule has 2 heterocycles. The van der Waals surface area contributed by atoms with Crippen molar-refractivity contribution < 1.29 is 42.7 Å². The molecule has 1 aromatic rings. The van der Waals surface area contributed by atoms with E-state index in [2.05, 4.69) is 26.1 Å². The monoisotopic (exact) mass is 778 g/mol. The quantitative estimate of drug-likeness (QED) is 0.197. The van der Waals surface area contributed by atoms with Gasteiger partial charge in [0, 0.05) is 12.3 Å². The van der Waals surface area contributed by atoms with E-state index in [1.165, 1.54) is 6.42 Å². The number of rotatable bonds is 11. The fraction of sp³-hybridized carbons (Fsp3) is 0.744. The standard InChI is InChI=1S/C39H59BN2O9.2H2S/c1-22(17-28(43)24(3)41-35(46)49-37(7,8)9)33(44)42-20-27(21-42)47-29-14-13-25(23(2)32(29)34(45)48-36(4,5)6)15-16-40-50-31-19-26-18-30(38(26,10)11)39(31,12)51-40;;/h13-14,22,24,26-27,30-31H,15-21H2,1-12H3,(H,41,46);2*1H2/t22-,24+,26+,30+,31-,39+;;/m1../s1. The van der Waals surface area contributed by atoms with Crippen molar-refractivity contribution in [3.05, 3.63) is 28.8 Å². The number of hydrogen-bond acceptors (Lipinski definition) is 9. The molecule has 0 aromatic heterocycles. The van der Waals surface area contributed by atoms with Crippen molar-refractivity contribution in [2.24, 2.45) is 23.2 Å². The van der Waals surface area contributed by atoms with Crippen LogP contribution in [0, 0.1) is 30.1 Å². The Bertz CT molecular complexity index is 1540. The summed E-state index contributed by atoms with van der Waals surface area (Å²) in [6, 6.07) is 3.02. The van der Waals surface area contributed by atoms with Gasteiger partial charge in [0.05, 0.1) is 30.8 Å². The van der Waals surface area contributed by atoms with Crippen LogP contribution >= 0.6 is 27.0 Å². The number of ether oxygens (including phenoxy) is 3. The summed E-state index contributed by atoms with van der Waals surface area (Å²) in [5, 5.41) is 2.54. The van der Waals surface area contributed by atoms with Gasteiger partial charge in [0.25, 0.3) is 0 Å². The van der Waals surface area contributed by atoms with Crippen LogP contribution in [0.5, 0.6) is 5.75 Å². The molecule has 0 spiro atoms. The second kappa shape index (κ2) is 16.4. The van der Waals surface area contributed by atoms with Crippen molar-refractivity contribution in [1.29, 1.82) is 0 Å². The first-order chi connectivity index (χ1) is 23.5. The van der Waals surface area contributed by atoms with E-state index in [0.717, 1.165) is 17.5 Å². The molecule has 2 aliphatic heterocycles. The predicted molar refractivity (Wildman–Crippen MR) is 214 cm³/mol. The van der Waals surface area contributed by atoms with E-state index in [4.69, 9.17) is 23.5 Å². The molecular weight excluding hydrogens is 715 g/mol. The Labute approximate surface area is 330 Å². The second-order valence-electron chi connectivity index (χ2n) is 18.1. The molecule has 2 bridgehead atoms. The van der Waals surface area contributed by atoms with Gasteiger partial charge in [0.1, 0.15) is 28.6 Å². The van der Waals surface area contributed by atoms with Crippen LogP contribution in [0.2, 0.25) is 6.32 Å². The number of carbonyl (C=O) groups excluding carboxylic acids is 4. The van der Waals surface area contributed by atoms with Crippen LogP contribution in [-0.2, 0) is 34.8 Å². The molecule has 14 heteroatoms. The van der Waals surface area contributed by atoms with E-state index in [0.29, 0.717) is 49.0 Å². The van der Waals surface area contributed by atoms with Crippen LogP contribution in [0.4, 0.5) is 4.79 Å². The fourth-order valence-corrected chi connectivity index (χ4v) is 8.35. The third-order valence-electron chi connectivity index (χ3n) is 11.4. The lowest BCUT2D eigenvalue weighted by atomic mass is 9.43. The Kier molecular flexibility index (Phi) is 13.9. The van der Waals surface area contributed by atoms with Crippen molar-refractivity contribution in [1.82, 2.24) is 10.2 Å². The van der Waals surface area contributed by atoms with E-state index in [-0.39, 0.29) is 75.4 Å². The summed E-state index contributed by atoms with van der Waals surface area (Å²) in [5.74, 6) is 0.143. The zero-order valence-corrected chi connectivity index (χ0v) is 35.8. The van der Waals surface area contributed by atoms with Gasteiger partial charge in [-0.1, -0.05) is 26.8 Å². The Balaban J connectivity index is 0.00000378. The van der Waals surface area contributed by atoms with Gasteiger partial charge in [-0.25, -0.2) is 9.59 Å². The summed E-state index contributed by atoms with van der Waals surface area (Å²) in [5.41, 5.74) is 0.807. The summed E-state index contributed by atoms with van der Waals surface area (Å²) in [4.78, 5) is 53.2. The maximum Gasteiger partial charge on any atom is 0.457 e. The Morgan fingerprint density at radius 2 is 1.60 bits per heavy atom. The first kappa shape index (κ1) is 45.0. The van der Waals surface area contributed by atoms with Gasteiger partial charge in [-0.05, 0) is 122 Å². The highest BCUT2D eigenvalue weighted by Gasteiger charge is 2.67. The summed E-state index contributed by atoms with van der Waals surface area (Å²) in [6.45, 7) is 23.5. The number of alkyl carbamates (subject to hydrolysis) is 1. The number of hydrogen-bond donors (Lipinski definition) is 1. The molecule has 53 heavy (non-hydrogen) atoms. The van der Waals surface area contributed by atoms with Crippen molar-refractivity contribution in [3.8, 4) is 5.75 Å². The molecule has 6 rings (SSSR count). The van der Waals surface area contributed by atoms with E-state index < -0.39 is 35.2 Å². The average Bonchev–Trinajstić information content (AvgIpc) is 3.31. The summed E-state index contributed by atoms with van der Waals surface area (Å²) >= 11 is 0. The maximum absolute atomic E-state index is 13.6. The number of nitrogens with one attached hydrogen (secondary N) is 1. The predicted octanol–water partition coefficient (Wildman–Crippen LogP) is 6.54. The van der Waals surface area contributed by atoms with E-state index in [9.17, 15) is 19.2 Å². The third kappa shape index (κ3) is 9.88. The van der Waals surface area contributed by atoms with Crippen LogP contribution in [0.25, 0.3) is 0 Å². The Morgan fingerprint density at radius 1 is 0.981 bits per heavy atom. The van der Waals surface area contributed by atoms with Gasteiger partial charge >= 0.3 is 19.2 Å². The number of Topliss-reactive ketones (excluding diaryl/α,β-unsaturated/α-hetero) is 1. The number of benzene rings is 1. The molecule has 6 atom stereocenters. The fourth-order valence-electron chi connectivity index (χ4n) is 8.35. The smallest absolute Gasteiger partial charge is 0.457 e. The summed E-state index contributed by atoms with van der Waals surface area (Å²) in [7, 11) is -0.295. The van der Waals surface area contributed by atoms with Crippen molar-refractivity contribution in [2.75, 3.05) is 13.1 Å². The maximum atomic E-state index is 13.6. The highest BCUT2D eigenvalue weighted by Crippen LogP contribution is 2.65. The molecule has 0 radical (unpaired) electrons. The number of aryl methyl sites for hydroxylation is 1. The van der Waals surface area contributed by atoms with Crippen LogP contribution < -0.4 is 10.1 Å². The van der Waals surface area contributed by atoms with Gasteiger partial charge in [-0.2, -0.15) is 27.0 Å². The van der Waals surface area contributed by atoms with Crippen molar-refractivity contribution in [2.45, 2.75) is 150 Å². The number of ketones is 1. The molecule has 5 aliphatic rings. The van der Waals surface area contributed by atoms with Crippen LogP contribution in [0.1, 0.15) is 117 Å². The minimum atomic E-state index is -0.788. The minimum absolute atomic E-state index is 0. The Morgan fingerprint density at radius 3 is 2.19 bits per heavy atom. The highest BCUT2D eigenvalue weighted by molar-refractivity contribution is 7.59. The SMILES string of the molecule is Cc1c(CCB2O[C@@H]3C[C@@H]4C[C@@H](C4(C)C)[C@]3(C)O2)ccc(OC2CN(C(=O)[C@H](C)CC(=O)[C@H](C)NC(=O)OC(C)(C)C)C2)c1C(=O)OC(C)(C)C.S.S. The molecule has 11 nitrogen and oxygen atoms in total. The van der Waals surface area contributed by atoms with Gasteiger partial charge in [-0.15, -0.1) is 0 Å². The molecule has 1 N–H and O–H groups in total. The van der Waals surface area contributed by atoms with Gasteiger partial charge in [-0.3, -0.25) is 9.59 Å². The number of esters is 1. The minimum Gasteiger partial charge on any atom is -0.486 e. The molecule has 1 aromatic carbocycles. The second-order valence-corrected chi connectivity index (χ2v) is 18.1. The van der Waals surface area contributed by atoms with Gasteiger partial charge < -0.3 is 33.7 Å². The molecule has 5 fully saturated rings. The lowest BCUT2D eigenvalue weighted by Gasteiger charge is -2.64. The number of amides is 2. The lowest BCUT2D eigenvalue weighted by molar-refractivity contribution is -0.199. The van der Waals surface area contributed by atoms with Crippen LogP contribution in [0.3, 0.4) is 0 Å². The summed E-state index contributed by atoms with van der Waals surface area (Å²) < 4.78 is 30.5. The molecule has 0 unspecified atom stereocenters.